The molecule has 5 nitrogen and oxygen atoms in total. The number of esters is 1. The number of ether oxygens (including phenoxy) is 1. The van der Waals surface area contributed by atoms with Crippen molar-refractivity contribution in [2.45, 2.75) is 37.6 Å². The van der Waals surface area contributed by atoms with Gasteiger partial charge in [-0.1, -0.05) is 55.8 Å². The fourth-order valence-corrected chi connectivity index (χ4v) is 4.50. The number of aromatic nitrogens is 1. The topological polar surface area (TPSA) is 63.6 Å². The van der Waals surface area contributed by atoms with Gasteiger partial charge in [-0.25, -0.2) is 9.79 Å². The molecule has 28 heavy (non-hydrogen) atoms. The molecule has 1 spiro atoms. The van der Waals surface area contributed by atoms with Crippen molar-refractivity contribution in [2.75, 3.05) is 7.11 Å². The van der Waals surface area contributed by atoms with Crippen LogP contribution in [0, 0.1) is 0 Å². The Hall–Kier alpha value is -2.66. The van der Waals surface area contributed by atoms with Crippen LogP contribution in [0.5, 0.6) is 0 Å². The molecule has 144 valence electrons. The summed E-state index contributed by atoms with van der Waals surface area (Å²) in [6, 6.07) is 13.7. The lowest BCUT2D eigenvalue weighted by Gasteiger charge is -2.45. The van der Waals surface area contributed by atoms with Crippen molar-refractivity contribution in [3.63, 3.8) is 0 Å². The number of hydrogen-bond acceptors (Lipinski definition) is 5. The number of hydrogen-bond donors (Lipinski definition) is 1. The molecule has 0 fully saturated rings. The SMILES string of the molecule is COC(=O)C1=C(Cl)NC(c2ccccn2)=NC12CCC(C)(C)c1ccccc12. The lowest BCUT2D eigenvalue weighted by Crippen LogP contribution is -2.46. The van der Waals surface area contributed by atoms with Gasteiger partial charge in [-0.05, 0) is 41.5 Å². The van der Waals surface area contributed by atoms with E-state index in [1.807, 2.05) is 36.4 Å². The summed E-state index contributed by atoms with van der Waals surface area (Å²) in [6.45, 7) is 4.43. The van der Waals surface area contributed by atoms with Crippen molar-refractivity contribution >= 4 is 23.4 Å². The van der Waals surface area contributed by atoms with E-state index in [0.29, 0.717) is 23.5 Å². The minimum Gasteiger partial charge on any atom is -0.465 e. The van der Waals surface area contributed by atoms with E-state index in [0.717, 1.165) is 17.5 Å². The number of benzene rings is 1. The number of nitrogens with zero attached hydrogens (tertiary/aromatic N) is 2. The van der Waals surface area contributed by atoms with Crippen LogP contribution in [-0.4, -0.2) is 23.9 Å². The predicted octanol–water partition coefficient (Wildman–Crippen LogP) is 4.02. The highest BCUT2D eigenvalue weighted by Crippen LogP contribution is 2.52. The number of halogens is 1. The zero-order valence-corrected chi connectivity index (χ0v) is 16.9. The first kappa shape index (κ1) is 18.7. The summed E-state index contributed by atoms with van der Waals surface area (Å²) in [5, 5.41) is 3.29. The average molecular weight is 396 g/mol. The molecular weight excluding hydrogens is 374 g/mol. The van der Waals surface area contributed by atoms with E-state index < -0.39 is 11.5 Å². The third kappa shape index (κ3) is 2.81. The van der Waals surface area contributed by atoms with Gasteiger partial charge in [0.25, 0.3) is 0 Å². The Morgan fingerprint density at radius 2 is 1.82 bits per heavy atom. The monoisotopic (exact) mass is 395 g/mol. The summed E-state index contributed by atoms with van der Waals surface area (Å²) in [4.78, 5) is 22.2. The number of carbonyl (C=O) groups excluding carboxylic acids is 1. The van der Waals surface area contributed by atoms with Crippen molar-refractivity contribution < 1.29 is 9.53 Å². The maximum absolute atomic E-state index is 12.8. The highest BCUT2D eigenvalue weighted by atomic mass is 35.5. The highest BCUT2D eigenvalue weighted by molar-refractivity contribution is 6.33. The third-order valence-electron chi connectivity index (χ3n) is 5.67. The first-order valence-corrected chi connectivity index (χ1v) is 9.64. The van der Waals surface area contributed by atoms with E-state index in [4.69, 9.17) is 21.3 Å². The molecule has 2 aromatic rings. The van der Waals surface area contributed by atoms with Gasteiger partial charge in [-0.15, -0.1) is 0 Å². The smallest absolute Gasteiger partial charge is 0.339 e. The Morgan fingerprint density at radius 3 is 2.50 bits per heavy atom. The molecule has 0 saturated heterocycles. The molecule has 1 unspecified atom stereocenters. The Balaban J connectivity index is 2.00. The number of pyridine rings is 1. The van der Waals surface area contributed by atoms with Crippen LogP contribution in [0.25, 0.3) is 0 Å². The van der Waals surface area contributed by atoms with Crippen LogP contribution in [0.4, 0.5) is 0 Å². The van der Waals surface area contributed by atoms with Crippen molar-refractivity contribution in [3.05, 3.63) is 76.2 Å². The molecule has 1 aliphatic carbocycles. The molecule has 0 radical (unpaired) electrons. The van der Waals surface area contributed by atoms with E-state index in [2.05, 4.69) is 30.2 Å². The fraction of sp³-hybridized carbons (Fsp3) is 0.318. The van der Waals surface area contributed by atoms with Crippen LogP contribution < -0.4 is 5.32 Å². The predicted molar refractivity (Wildman–Crippen MR) is 109 cm³/mol. The molecule has 1 aliphatic heterocycles. The molecule has 0 saturated carbocycles. The van der Waals surface area contributed by atoms with E-state index in [1.165, 1.54) is 7.11 Å². The average Bonchev–Trinajstić information content (AvgIpc) is 2.71. The van der Waals surface area contributed by atoms with E-state index in [9.17, 15) is 4.79 Å². The second-order valence-corrected chi connectivity index (χ2v) is 8.15. The summed E-state index contributed by atoms with van der Waals surface area (Å²) in [5.74, 6) is 0.0728. The number of fused-ring (bicyclic) bond motifs is 2. The van der Waals surface area contributed by atoms with Gasteiger partial charge in [0, 0.05) is 6.20 Å². The number of rotatable bonds is 2. The molecule has 2 heterocycles. The molecule has 0 bridgehead atoms. The number of methoxy groups -OCH3 is 1. The van der Waals surface area contributed by atoms with Gasteiger partial charge < -0.3 is 10.1 Å². The normalized spacial score (nSPS) is 22.9. The van der Waals surface area contributed by atoms with Crippen LogP contribution in [-0.2, 0) is 20.5 Å². The Kier molecular flexibility index (Phi) is 4.50. The third-order valence-corrected chi connectivity index (χ3v) is 5.96. The summed E-state index contributed by atoms with van der Waals surface area (Å²) in [6.07, 6.45) is 3.21. The first-order chi connectivity index (χ1) is 13.4. The molecule has 1 N–H and O–H groups in total. The van der Waals surface area contributed by atoms with Crippen LogP contribution in [0.1, 0.15) is 43.5 Å². The van der Waals surface area contributed by atoms with E-state index in [1.54, 1.807) is 6.20 Å². The molecule has 1 aromatic carbocycles. The van der Waals surface area contributed by atoms with Gasteiger partial charge in [0.15, 0.2) is 5.84 Å². The summed E-state index contributed by atoms with van der Waals surface area (Å²) >= 11 is 6.62. The first-order valence-electron chi connectivity index (χ1n) is 9.26. The van der Waals surface area contributed by atoms with Gasteiger partial charge in [-0.2, -0.15) is 0 Å². The van der Waals surface area contributed by atoms with Crippen LogP contribution >= 0.6 is 11.6 Å². The van der Waals surface area contributed by atoms with Gasteiger partial charge in [0.2, 0.25) is 0 Å². The van der Waals surface area contributed by atoms with Crippen molar-refractivity contribution in [1.82, 2.24) is 10.3 Å². The summed E-state index contributed by atoms with van der Waals surface area (Å²) < 4.78 is 5.09. The molecular formula is C22H22ClN3O2. The van der Waals surface area contributed by atoms with Gasteiger partial charge in [0.1, 0.15) is 22.0 Å². The molecule has 1 aromatic heterocycles. The lowest BCUT2D eigenvalue weighted by molar-refractivity contribution is -0.137. The zero-order valence-electron chi connectivity index (χ0n) is 16.1. The molecule has 2 aliphatic rings. The molecule has 0 amide bonds. The van der Waals surface area contributed by atoms with E-state index in [-0.39, 0.29) is 10.6 Å². The number of nitrogens with one attached hydrogen (secondary N) is 1. The maximum atomic E-state index is 12.8. The van der Waals surface area contributed by atoms with E-state index >= 15 is 0 Å². The second kappa shape index (κ2) is 6.74. The Bertz CT molecular complexity index is 998. The number of aliphatic imine (C=N–C) groups is 1. The Labute approximate surface area is 169 Å². The molecule has 6 heteroatoms. The quantitative estimate of drug-likeness (QED) is 0.616. The minimum absolute atomic E-state index is 0.0267. The summed E-state index contributed by atoms with van der Waals surface area (Å²) in [7, 11) is 1.36. The molecule has 4 rings (SSSR count). The highest BCUT2D eigenvalue weighted by Gasteiger charge is 2.51. The molecule has 1 atom stereocenters. The van der Waals surface area contributed by atoms with Crippen LogP contribution in [0.15, 0.2) is 64.4 Å². The standard InChI is InChI=1S/C22H22ClN3O2/c1-21(2)11-12-22(15-9-5-4-8-14(15)21)17(20(27)28-3)18(23)25-19(26-22)16-10-6-7-13-24-16/h4-10,13H,11-12H2,1-3H3,(H,25,26). The minimum atomic E-state index is -0.908. The van der Waals surface area contributed by atoms with Gasteiger partial charge >= 0.3 is 5.97 Å². The largest absolute Gasteiger partial charge is 0.465 e. The lowest BCUT2D eigenvalue weighted by atomic mass is 9.63. The van der Waals surface area contributed by atoms with Gasteiger partial charge in [0.05, 0.1) is 7.11 Å². The van der Waals surface area contributed by atoms with Crippen molar-refractivity contribution in [3.8, 4) is 0 Å². The van der Waals surface area contributed by atoms with Crippen molar-refractivity contribution in [1.29, 1.82) is 0 Å². The number of carbonyl (C=O) groups is 1. The van der Waals surface area contributed by atoms with Crippen LogP contribution in [0.2, 0.25) is 0 Å². The second-order valence-electron chi connectivity index (χ2n) is 7.77. The number of amidine groups is 1. The van der Waals surface area contributed by atoms with Crippen molar-refractivity contribution in [2.24, 2.45) is 4.99 Å². The fourth-order valence-electron chi connectivity index (χ4n) is 4.18. The van der Waals surface area contributed by atoms with Gasteiger partial charge in [-0.3, -0.25) is 4.98 Å². The zero-order chi connectivity index (χ0) is 19.9. The maximum Gasteiger partial charge on any atom is 0.339 e. The Morgan fingerprint density at radius 1 is 1.11 bits per heavy atom. The summed E-state index contributed by atoms with van der Waals surface area (Å²) in [5.41, 5.74) is 2.23. The van der Waals surface area contributed by atoms with Crippen LogP contribution in [0.3, 0.4) is 0 Å².